The van der Waals surface area contributed by atoms with E-state index in [2.05, 4.69) is 56.5 Å². The number of rotatable bonds is 4. The normalized spacial score (nSPS) is 17.2. The summed E-state index contributed by atoms with van der Waals surface area (Å²) in [6, 6.07) is 10.2. The van der Waals surface area contributed by atoms with Crippen LogP contribution >= 0.6 is 0 Å². The number of hydrogen-bond acceptors (Lipinski definition) is 5. The first-order valence-corrected chi connectivity index (χ1v) is 8.47. The third-order valence-corrected chi connectivity index (χ3v) is 4.61. The Bertz CT molecular complexity index is 872. The molecule has 2 aromatic heterocycles. The quantitative estimate of drug-likeness (QED) is 0.785. The predicted octanol–water partition coefficient (Wildman–Crippen LogP) is 1.69. The number of benzene rings is 1. The Labute approximate surface area is 145 Å². The Morgan fingerprint density at radius 2 is 2.20 bits per heavy atom. The molecule has 0 spiro atoms. The maximum atomic E-state index is 12.3. The molecule has 1 unspecified atom stereocenters. The van der Waals surface area contributed by atoms with E-state index in [1.165, 1.54) is 15.8 Å². The summed E-state index contributed by atoms with van der Waals surface area (Å²) < 4.78 is 1.50. The van der Waals surface area contributed by atoms with E-state index in [4.69, 9.17) is 0 Å². The summed E-state index contributed by atoms with van der Waals surface area (Å²) in [7, 11) is 0. The van der Waals surface area contributed by atoms with Gasteiger partial charge in [-0.05, 0) is 37.0 Å². The van der Waals surface area contributed by atoms with E-state index >= 15 is 0 Å². The van der Waals surface area contributed by atoms with Gasteiger partial charge in [-0.25, -0.2) is 9.50 Å². The molecule has 1 atom stereocenters. The Balaban J connectivity index is 1.36. The number of aromatic nitrogens is 4. The zero-order chi connectivity index (χ0) is 17.2. The highest BCUT2D eigenvalue weighted by atomic mass is 16.2. The molecule has 3 aromatic rings. The largest absolute Gasteiger partial charge is 0.371 e. The second-order valence-electron chi connectivity index (χ2n) is 6.40. The first-order valence-electron chi connectivity index (χ1n) is 8.47. The van der Waals surface area contributed by atoms with Crippen molar-refractivity contribution in [2.24, 2.45) is 5.92 Å². The molecule has 3 heterocycles. The molecule has 1 saturated heterocycles. The molecule has 0 bridgehead atoms. The van der Waals surface area contributed by atoms with Gasteiger partial charge in [0, 0.05) is 37.7 Å². The Kier molecular flexibility index (Phi) is 4.05. The number of nitrogens with zero attached hydrogens (tertiary/aromatic N) is 5. The van der Waals surface area contributed by atoms with Crippen molar-refractivity contribution in [1.82, 2.24) is 24.9 Å². The average Bonchev–Trinajstić information content (AvgIpc) is 3.27. The van der Waals surface area contributed by atoms with Gasteiger partial charge >= 0.3 is 0 Å². The van der Waals surface area contributed by atoms with Crippen molar-refractivity contribution in [3.63, 3.8) is 0 Å². The van der Waals surface area contributed by atoms with Crippen LogP contribution in [0.4, 0.5) is 5.69 Å². The van der Waals surface area contributed by atoms with Gasteiger partial charge in [0.1, 0.15) is 0 Å². The van der Waals surface area contributed by atoms with E-state index < -0.39 is 0 Å². The van der Waals surface area contributed by atoms with E-state index in [0.29, 0.717) is 18.2 Å². The average molecular weight is 336 g/mol. The van der Waals surface area contributed by atoms with Crippen LogP contribution in [0.5, 0.6) is 0 Å². The predicted molar refractivity (Wildman–Crippen MR) is 94.6 cm³/mol. The van der Waals surface area contributed by atoms with E-state index in [0.717, 1.165) is 19.5 Å². The third-order valence-electron chi connectivity index (χ3n) is 4.61. The number of anilines is 1. The number of aryl methyl sites for hydroxylation is 1. The zero-order valence-electron chi connectivity index (χ0n) is 14.1. The highest BCUT2D eigenvalue weighted by molar-refractivity contribution is 5.90. The second kappa shape index (κ2) is 6.51. The van der Waals surface area contributed by atoms with Gasteiger partial charge in [-0.15, -0.1) is 5.10 Å². The van der Waals surface area contributed by atoms with Crippen molar-refractivity contribution in [2.45, 2.75) is 13.3 Å². The number of amides is 1. The van der Waals surface area contributed by atoms with Gasteiger partial charge in [0.15, 0.2) is 0 Å². The van der Waals surface area contributed by atoms with E-state index in [9.17, 15) is 4.79 Å². The van der Waals surface area contributed by atoms with E-state index in [1.54, 1.807) is 18.5 Å². The number of carbonyl (C=O) groups excluding carboxylic acids is 1. The lowest BCUT2D eigenvalue weighted by Crippen LogP contribution is -2.31. The van der Waals surface area contributed by atoms with Crippen LogP contribution in [0.15, 0.2) is 42.7 Å². The van der Waals surface area contributed by atoms with E-state index in [1.807, 2.05) is 0 Å². The molecular weight excluding hydrogens is 316 g/mol. The molecule has 0 radical (unpaired) electrons. The zero-order valence-corrected chi connectivity index (χ0v) is 14.1. The van der Waals surface area contributed by atoms with Crippen LogP contribution in [0.1, 0.15) is 22.6 Å². The highest BCUT2D eigenvalue weighted by Crippen LogP contribution is 2.26. The summed E-state index contributed by atoms with van der Waals surface area (Å²) in [5, 5.41) is 7.11. The van der Waals surface area contributed by atoms with Gasteiger partial charge in [-0.2, -0.15) is 4.98 Å². The smallest absolute Gasteiger partial charge is 0.291 e. The van der Waals surface area contributed by atoms with Gasteiger partial charge in [0.25, 0.3) is 11.7 Å². The number of hydrogen-bond donors (Lipinski definition) is 1. The van der Waals surface area contributed by atoms with Crippen molar-refractivity contribution >= 4 is 17.4 Å². The van der Waals surface area contributed by atoms with Gasteiger partial charge in [0.05, 0.1) is 0 Å². The van der Waals surface area contributed by atoms with Gasteiger partial charge in [-0.3, -0.25) is 4.79 Å². The molecule has 0 saturated carbocycles. The van der Waals surface area contributed by atoms with Crippen LogP contribution in [0.25, 0.3) is 5.78 Å². The monoisotopic (exact) mass is 336 g/mol. The molecule has 25 heavy (non-hydrogen) atoms. The fraction of sp³-hybridized carbons (Fsp3) is 0.333. The minimum atomic E-state index is -0.250. The number of nitrogens with one attached hydrogen (secondary N) is 1. The molecule has 0 aliphatic carbocycles. The summed E-state index contributed by atoms with van der Waals surface area (Å²) in [6.07, 6.45) is 4.42. The fourth-order valence-electron chi connectivity index (χ4n) is 3.28. The molecule has 1 aliphatic heterocycles. The molecule has 1 aliphatic rings. The van der Waals surface area contributed by atoms with Crippen molar-refractivity contribution in [3.8, 4) is 0 Å². The Morgan fingerprint density at radius 3 is 3.04 bits per heavy atom. The Hall–Kier alpha value is -2.96. The molecule has 1 amide bonds. The Morgan fingerprint density at radius 1 is 1.32 bits per heavy atom. The van der Waals surface area contributed by atoms with Crippen LogP contribution in [0.2, 0.25) is 0 Å². The summed E-state index contributed by atoms with van der Waals surface area (Å²) >= 11 is 0. The number of para-hydroxylation sites is 1. The summed E-state index contributed by atoms with van der Waals surface area (Å²) in [4.78, 5) is 22.9. The maximum absolute atomic E-state index is 12.3. The van der Waals surface area contributed by atoms with Crippen molar-refractivity contribution < 1.29 is 4.79 Å². The SMILES string of the molecule is Cc1ccccc1N1CCC(CNC(=O)c2nc3ncccn3n2)C1. The number of carbonyl (C=O) groups is 1. The molecule has 4 rings (SSSR count). The topological polar surface area (TPSA) is 75.4 Å². The molecule has 128 valence electrons. The third kappa shape index (κ3) is 3.17. The first kappa shape index (κ1) is 15.6. The van der Waals surface area contributed by atoms with E-state index in [-0.39, 0.29) is 11.7 Å². The van der Waals surface area contributed by atoms with Gasteiger partial charge in [0.2, 0.25) is 5.82 Å². The molecule has 7 nitrogen and oxygen atoms in total. The molecule has 7 heteroatoms. The van der Waals surface area contributed by atoms with Crippen molar-refractivity contribution in [2.75, 3.05) is 24.5 Å². The molecule has 1 aromatic carbocycles. The standard InChI is InChI=1S/C18H20N6O/c1-13-5-2-3-6-15(13)23-10-7-14(12-23)11-20-17(25)16-21-18-19-8-4-9-24(18)22-16/h2-6,8-9,14H,7,10-12H2,1H3,(H,20,25). The fourth-order valence-corrected chi connectivity index (χ4v) is 3.28. The van der Waals surface area contributed by atoms with Crippen molar-refractivity contribution in [1.29, 1.82) is 0 Å². The minimum Gasteiger partial charge on any atom is -0.371 e. The van der Waals surface area contributed by atoms with Crippen LogP contribution in [-0.4, -0.2) is 45.1 Å². The number of fused-ring (bicyclic) bond motifs is 1. The lowest BCUT2D eigenvalue weighted by atomic mass is 10.1. The first-order chi connectivity index (χ1) is 12.2. The summed E-state index contributed by atoms with van der Waals surface area (Å²) in [5.74, 6) is 0.769. The molecule has 1 N–H and O–H groups in total. The van der Waals surface area contributed by atoms with Gasteiger partial charge < -0.3 is 10.2 Å². The highest BCUT2D eigenvalue weighted by Gasteiger charge is 2.24. The van der Waals surface area contributed by atoms with Crippen LogP contribution in [-0.2, 0) is 0 Å². The lowest BCUT2D eigenvalue weighted by molar-refractivity contribution is 0.0938. The van der Waals surface area contributed by atoms with Gasteiger partial charge in [-0.1, -0.05) is 18.2 Å². The second-order valence-corrected chi connectivity index (χ2v) is 6.40. The van der Waals surface area contributed by atoms with Crippen molar-refractivity contribution in [3.05, 3.63) is 54.1 Å². The molecular formula is C18H20N6O. The minimum absolute atomic E-state index is 0.160. The summed E-state index contributed by atoms with van der Waals surface area (Å²) in [6.45, 7) is 4.73. The maximum Gasteiger partial charge on any atom is 0.291 e. The van der Waals surface area contributed by atoms with Crippen LogP contribution in [0, 0.1) is 12.8 Å². The molecule has 1 fully saturated rings. The van der Waals surface area contributed by atoms with Crippen LogP contribution < -0.4 is 10.2 Å². The lowest BCUT2D eigenvalue weighted by Gasteiger charge is -2.21. The van der Waals surface area contributed by atoms with Crippen LogP contribution in [0.3, 0.4) is 0 Å². The summed E-state index contributed by atoms with van der Waals surface area (Å²) in [5.41, 5.74) is 2.57.